The lowest BCUT2D eigenvalue weighted by Crippen LogP contribution is -2.50. The van der Waals surface area contributed by atoms with E-state index in [1.54, 1.807) is 6.92 Å². The SMILES string of the molecule is CC(N)(C(=O)NCCN1CCSCC1)c1ccccc1.Cl.Cl. The number of carbonyl (C=O) groups is 1. The van der Waals surface area contributed by atoms with Crippen LogP contribution in [0.1, 0.15) is 12.5 Å². The fourth-order valence-corrected chi connectivity index (χ4v) is 3.23. The lowest BCUT2D eigenvalue weighted by molar-refractivity contribution is -0.126. The van der Waals surface area contributed by atoms with Gasteiger partial charge in [-0.25, -0.2) is 0 Å². The summed E-state index contributed by atoms with van der Waals surface area (Å²) in [5.41, 5.74) is 6.04. The number of nitrogens with one attached hydrogen (secondary N) is 1. The molecule has 0 bridgehead atoms. The molecule has 0 saturated carbocycles. The van der Waals surface area contributed by atoms with E-state index < -0.39 is 5.54 Å². The van der Waals surface area contributed by atoms with E-state index in [4.69, 9.17) is 5.73 Å². The molecular formula is C15H25Cl2N3OS. The zero-order valence-corrected chi connectivity index (χ0v) is 15.2. The van der Waals surface area contributed by atoms with Crippen LogP contribution in [0.2, 0.25) is 0 Å². The van der Waals surface area contributed by atoms with E-state index in [0.717, 1.165) is 25.2 Å². The molecule has 1 aromatic rings. The van der Waals surface area contributed by atoms with Gasteiger partial charge in [0, 0.05) is 37.7 Å². The molecule has 0 aliphatic carbocycles. The molecule has 1 aromatic carbocycles. The summed E-state index contributed by atoms with van der Waals surface area (Å²) in [5.74, 6) is 2.26. The number of carbonyl (C=O) groups excluding carboxylic acids is 1. The summed E-state index contributed by atoms with van der Waals surface area (Å²) in [5, 5.41) is 2.96. The van der Waals surface area contributed by atoms with Gasteiger partial charge in [0.15, 0.2) is 0 Å². The molecule has 2 rings (SSSR count). The molecule has 1 amide bonds. The van der Waals surface area contributed by atoms with E-state index in [1.807, 2.05) is 42.1 Å². The van der Waals surface area contributed by atoms with Gasteiger partial charge in [-0.05, 0) is 12.5 Å². The molecule has 1 heterocycles. The third kappa shape index (κ3) is 5.97. The summed E-state index contributed by atoms with van der Waals surface area (Å²) >= 11 is 1.99. The monoisotopic (exact) mass is 365 g/mol. The van der Waals surface area contributed by atoms with Crippen molar-refractivity contribution in [2.24, 2.45) is 5.73 Å². The van der Waals surface area contributed by atoms with E-state index in [-0.39, 0.29) is 30.7 Å². The van der Waals surface area contributed by atoms with Crippen molar-refractivity contribution in [1.82, 2.24) is 10.2 Å². The molecule has 1 unspecified atom stereocenters. The molecule has 22 heavy (non-hydrogen) atoms. The van der Waals surface area contributed by atoms with Crippen LogP contribution in [-0.4, -0.2) is 48.5 Å². The lowest BCUT2D eigenvalue weighted by Gasteiger charge is -2.28. The zero-order chi connectivity index (χ0) is 14.4. The van der Waals surface area contributed by atoms with Crippen LogP contribution in [0.15, 0.2) is 30.3 Å². The Balaban J connectivity index is 0.00000220. The van der Waals surface area contributed by atoms with Crippen molar-refractivity contribution < 1.29 is 4.79 Å². The summed E-state index contributed by atoms with van der Waals surface area (Å²) in [6.45, 7) is 5.54. The highest BCUT2D eigenvalue weighted by Gasteiger charge is 2.29. The van der Waals surface area contributed by atoms with Gasteiger partial charge >= 0.3 is 0 Å². The number of benzene rings is 1. The van der Waals surface area contributed by atoms with Gasteiger partial charge < -0.3 is 11.1 Å². The Kier molecular flexibility index (Phi) is 10.1. The van der Waals surface area contributed by atoms with Crippen LogP contribution in [0.4, 0.5) is 0 Å². The van der Waals surface area contributed by atoms with Crippen molar-refractivity contribution in [3.8, 4) is 0 Å². The largest absolute Gasteiger partial charge is 0.353 e. The first kappa shape index (κ1) is 21.5. The Bertz CT molecular complexity index is 440. The van der Waals surface area contributed by atoms with Crippen molar-refractivity contribution >= 4 is 42.5 Å². The predicted octanol–water partition coefficient (Wildman–Crippen LogP) is 1.87. The normalized spacial score (nSPS) is 17.5. The van der Waals surface area contributed by atoms with Crippen LogP contribution in [0.25, 0.3) is 0 Å². The van der Waals surface area contributed by atoms with E-state index >= 15 is 0 Å². The number of thioether (sulfide) groups is 1. The maximum absolute atomic E-state index is 12.2. The first-order chi connectivity index (χ1) is 9.60. The molecule has 0 spiro atoms. The molecule has 0 radical (unpaired) electrons. The number of nitrogens with zero attached hydrogens (tertiary/aromatic N) is 1. The summed E-state index contributed by atoms with van der Waals surface area (Å²) in [4.78, 5) is 14.6. The number of nitrogens with two attached hydrogens (primary N) is 1. The fraction of sp³-hybridized carbons (Fsp3) is 0.533. The lowest BCUT2D eigenvalue weighted by atomic mass is 9.92. The van der Waals surface area contributed by atoms with Crippen LogP contribution < -0.4 is 11.1 Å². The van der Waals surface area contributed by atoms with Crippen LogP contribution in [0, 0.1) is 0 Å². The van der Waals surface area contributed by atoms with Gasteiger partial charge in [-0.1, -0.05) is 30.3 Å². The van der Waals surface area contributed by atoms with Crippen molar-refractivity contribution in [2.75, 3.05) is 37.7 Å². The molecule has 1 aliphatic rings. The van der Waals surface area contributed by atoms with Gasteiger partial charge in [-0.15, -0.1) is 24.8 Å². The molecular weight excluding hydrogens is 341 g/mol. The second-order valence-corrected chi connectivity index (χ2v) is 6.50. The average molecular weight is 366 g/mol. The topological polar surface area (TPSA) is 58.4 Å². The highest BCUT2D eigenvalue weighted by Crippen LogP contribution is 2.17. The maximum Gasteiger partial charge on any atom is 0.244 e. The highest BCUT2D eigenvalue weighted by molar-refractivity contribution is 7.99. The van der Waals surface area contributed by atoms with E-state index in [9.17, 15) is 4.79 Å². The smallest absolute Gasteiger partial charge is 0.244 e. The summed E-state index contributed by atoms with van der Waals surface area (Å²) in [6, 6.07) is 9.51. The Morgan fingerprint density at radius 2 is 1.86 bits per heavy atom. The van der Waals surface area contributed by atoms with Gasteiger partial charge in [0.25, 0.3) is 0 Å². The fourth-order valence-electron chi connectivity index (χ4n) is 2.25. The van der Waals surface area contributed by atoms with Gasteiger partial charge in [-0.2, -0.15) is 11.8 Å². The summed E-state index contributed by atoms with van der Waals surface area (Å²) in [6.07, 6.45) is 0. The molecule has 1 aliphatic heterocycles. The van der Waals surface area contributed by atoms with Crippen molar-refractivity contribution in [3.63, 3.8) is 0 Å². The third-order valence-corrected chi connectivity index (χ3v) is 4.60. The first-order valence-electron chi connectivity index (χ1n) is 7.03. The molecule has 1 atom stereocenters. The summed E-state index contributed by atoms with van der Waals surface area (Å²) < 4.78 is 0. The van der Waals surface area contributed by atoms with Crippen LogP contribution in [0.3, 0.4) is 0 Å². The van der Waals surface area contributed by atoms with Crippen molar-refractivity contribution in [2.45, 2.75) is 12.5 Å². The maximum atomic E-state index is 12.2. The number of rotatable bonds is 5. The minimum Gasteiger partial charge on any atom is -0.353 e. The number of amides is 1. The Labute approximate surface area is 149 Å². The zero-order valence-electron chi connectivity index (χ0n) is 12.8. The second-order valence-electron chi connectivity index (χ2n) is 5.28. The van der Waals surface area contributed by atoms with E-state index in [1.165, 1.54) is 11.5 Å². The Hall–Kier alpha value is -0.460. The van der Waals surface area contributed by atoms with Crippen LogP contribution in [0.5, 0.6) is 0 Å². The number of halogens is 2. The second kappa shape index (κ2) is 10.3. The van der Waals surface area contributed by atoms with Gasteiger partial charge in [0.05, 0.1) is 0 Å². The predicted molar refractivity (Wildman–Crippen MR) is 99.3 cm³/mol. The van der Waals surface area contributed by atoms with Gasteiger partial charge in [0.2, 0.25) is 5.91 Å². The molecule has 1 saturated heterocycles. The highest BCUT2D eigenvalue weighted by atomic mass is 35.5. The number of hydrogen-bond acceptors (Lipinski definition) is 4. The molecule has 1 fully saturated rings. The molecule has 126 valence electrons. The summed E-state index contributed by atoms with van der Waals surface area (Å²) in [7, 11) is 0. The van der Waals surface area contributed by atoms with Crippen molar-refractivity contribution in [1.29, 1.82) is 0 Å². The number of hydrogen-bond donors (Lipinski definition) is 2. The van der Waals surface area contributed by atoms with E-state index in [2.05, 4.69) is 10.2 Å². The Morgan fingerprint density at radius 1 is 1.27 bits per heavy atom. The molecule has 0 aromatic heterocycles. The van der Waals surface area contributed by atoms with Crippen LogP contribution in [-0.2, 0) is 10.3 Å². The van der Waals surface area contributed by atoms with Gasteiger partial charge in [-0.3, -0.25) is 9.69 Å². The molecule has 7 heteroatoms. The van der Waals surface area contributed by atoms with Crippen molar-refractivity contribution in [3.05, 3.63) is 35.9 Å². The molecule has 3 N–H and O–H groups in total. The third-order valence-electron chi connectivity index (χ3n) is 3.66. The minimum absolute atomic E-state index is 0. The van der Waals surface area contributed by atoms with Crippen LogP contribution >= 0.6 is 36.6 Å². The quantitative estimate of drug-likeness (QED) is 0.835. The molecule has 4 nitrogen and oxygen atoms in total. The van der Waals surface area contributed by atoms with E-state index in [0.29, 0.717) is 6.54 Å². The average Bonchev–Trinajstić information content (AvgIpc) is 2.49. The standard InChI is InChI=1S/C15H23N3OS.2ClH/c1-15(16,13-5-3-2-4-6-13)14(19)17-7-8-18-9-11-20-12-10-18;;/h2-6H,7-12,16H2,1H3,(H,17,19);2*1H. The van der Waals surface area contributed by atoms with Gasteiger partial charge in [0.1, 0.15) is 5.54 Å². The minimum atomic E-state index is -0.973. The Morgan fingerprint density at radius 3 is 2.45 bits per heavy atom. The first-order valence-corrected chi connectivity index (χ1v) is 8.19.